The first-order valence-electron chi connectivity index (χ1n) is 6.75. The molecular formula is C16H23N. The summed E-state index contributed by atoms with van der Waals surface area (Å²) >= 11 is 0. The van der Waals surface area contributed by atoms with Crippen LogP contribution in [0, 0.1) is 0 Å². The third-order valence-electron chi connectivity index (χ3n) is 3.81. The first-order valence-corrected chi connectivity index (χ1v) is 6.75. The lowest BCUT2D eigenvalue weighted by atomic mass is 10.0. The van der Waals surface area contributed by atoms with Crippen molar-refractivity contribution in [2.75, 3.05) is 0 Å². The first kappa shape index (κ1) is 12.2. The van der Waals surface area contributed by atoms with Gasteiger partial charge in [0, 0.05) is 23.8 Å². The van der Waals surface area contributed by atoms with Crippen LogP contribution in [-0.2, 0) is 13.0 Å². The Hall–Kier alpha value is -1.24. The van der Waals surface area contributed by atoms with Gasteiger partial charge in [0.15, 0.2) is 0 Å². The molecule has 1 aromatic rings. The normalized spacial score (nSPS) is 16.2. The fourth-order valence-electron chi connectivity index (χ4n) is 2.71. The standard InChI is InChI=1S/C16H23N/c1-5-7-12(3)17-11-15-10-14(6-2)8-9-16(15)13(17)4/h8-10,12H,4-7,11H2,1-3H3. The Morgan fingerprint density at radius 1 is 1.35 bits per heavy atom. The van der Waals surface area contributed by atoms with Crippen LogP contribution < -0.4 is 0 Å². The predicted octanol–water partition coefficient (Wildman–Crippen LogP) is 4.22. The second-order valence-corrected chi connectivity index (χ2v) is 5.06. The van der Waals surface area contributed by atoms with E-state index in [1.54, 1.807) is 0 Å². The smallest absolute Gasteiger partial charge is 0.0439 e. The largest absolute Gasteiger partial charge is 0.364 e. The Morgan fingerprint density at radius 3 is 2.76 bits per heavy atom. The van der Waals surface area contributed by atoms with Crippen LogP contribution in [0.25, 0.3) is 5.70 Å². The molecule has 0 spiro atoms. The molecule has 1 heteroatoms. The van der Waals surface area contributed by atoms with Crippen molar-refractivity contribution in [1.29, 1.82) is 0 Å². The Bertz CT molecular complexity index is 420. The van der Waals surface area contributed by atoms with Crippen molar-refractivity contribution in [3.8, 4) is 0 Å². The van der Waals surface area contributed by atoms with Crippen LogP contribution in [-0.4, -0.2) is 10.9 Å². The minimum Gasteiger partial charge on any atom is -0.364 e. The molecule has 1 heterocycles. The van der Waals surface area contributed by atoms with E-state index in [9.17, 15) is 0 Å². The summed E-state index contributed by atoms with van der Waals surface area (Å²) in [7, 11) is 0. The van der Waals surface area contributed by atoms with Gasteiger partial charge in [0.05, 0.1) is 0 Å². The van der Waals surface area contributed by atoms with Crippen LogP contribution in [0.3, 0.4) is 0 Å². The van der Waals surface area contributed by atoms with Gasteiger partial charge in [-0.05, 0) is 30.9 Å². The Kier molecular flexibility index (Phi) is 3.56. The van der Waals surface area contributed by atoms with E-state index in [1.165, 1.54) is 35.2 Å². The van der Waals surface area contributed by atoms with Gasteiger partial charge in [0.1, 0.15) is 0 Å². The molecule has 0 fully saturated rings. The number of hydrogen-bond donors (Lipinski definition) is 0. The zero-order valence-electron chi connectivity index (χ0n) is 11.3. The SMILES string of the molecule is C=C1c2ccc(CC)cc2CN1C(C)CCC. The van der Waals surface area contributed by atoms with Crippen LogP contribution in [0.4, 0.5) is 0 Å². The number of nitrogens with zero attached hydrogens (tertiary/aromatic N) is 1. The molecule has 1 aliphatic rings. The molecule has 0 radical (unpaired) electrons. The number of rotatable bonds is 4. The molecule has 0 aliphatic carbocycles. The van der Waals surface area contributed by atoms with Crippen LogP contribution in [0.2, 0.25) is 0 Å². The van der Waals surface area contributed by atoms with Crippen molar-refractivity contribution in [2.24, 2.45) is 0 Å². The number of fused-ring (bicyclic) bond motifs is 1. The molecule has 1 nitrogen and oxygen atoms in total. The van der Waals surface area contributed by atoms with E-state index < -0.39 is 0 Å². The maximum atomic E-state index is 4.26. The molecule has 1 aromatic carbocycles. The van der Waals surface area contributed by atoms with Crippen LogP contribution in [0.1, 0.15) is 50.3 Å². The van der Waals surface area contributed by atoms with Gasteiger partial charge < -0.3 is 4.90 Å². The molecule has 0 amide bonds. The van der Waals surface area contributed by atoms with E-state index in [2.05, 4.69) is 50.4 Å². The van der Waals surface area contributed by atoms with Gasteiger partial charge in [-0.25, -0.2) is 0 Å². The summed E-state index contributed by atoms with van der Waals surface area (Å²) in [5.74, 6) is 0. The van der Waals surface area contributed by atoms with Gasteiger partial charge in [-0.15, -0.1) is 0 Å². The lowest BCUT2D eigenvalue weighted by Gasteiger charge is -2.27. The van der Waals surface area contributed by atoms with Crippen LogP contribution >= 0.6 is 0 Å². The second-order valence-electron chi connectivity index (χ2n) is 5.06. The quantitative estimate of drug-likeness (QED) is 0.747. The predicted molar refractivity (Wildman–Crippen MR) is 74.8 cm³/mol. The van der Waals surface area contributed by atoms with E-state index >= 15 is 0 Å². The van der Waals surface area contributed by atoms with E-state index in [0.29, 0.717) is 6.04 Å². The lowest BCUT2D eigenvalue weighted by molar-refractivity contribution is 0.301. The molecule has 2 rings (SSSR count). The molecule has 0 aromatic heterocycles. The summed E-state index contributed by atoms with van der Waals surface area (Å²) in [6.07, 6.45) is 3.60. The van der Waals surface area contributed by atoms with Gasteiger partial charge in [-0.1, -0.05) is 45.0 Å². The molecule has 1 unspecified atom stereocenters. The summed E-state index contributed by atoms with van der Waals surface area (Å²) in [5, 5.41) is 0. The zero-order valence-corrected chi connectivity index (χ0v) is 11.3. The maximum Gasteiger partial charge on any atom is 0.0439 e. The maximum absolute atomic E-state index is 4.26. The molecule has 92 valence electrons. The Morgan fingerprint density at radius 2 is 2.12 bits per heavy atom. The highest BCUT2D eigenvalue weighted by Gasteiger charge is 2.25. The molecule has 1 atom stereocenters. The molecule has 0 N–H and O–H groups in total. The van der Waals surface area contributed by atoms with Gasteiger partial charge >= 0.3 is 0 Å². The molecule has 1 aliphatic heterocycles. The van der Waals surface area contributed by atoms with Crippen molar-refractivity contribution in [3.05, 3.63) is 41.5 Å². The van der Waals surface area contributed by atoms with Crippen molar-refractivity contribution in [3.63, 3.8) is 0 Å². The van der Waals surface area contributed by atoms with Crippen molar-refractivity contribution in [1.82, 2.24) is 4.90 Å². The summed E-state index contributed by atoms with van der Waals surface area (Å²) in [4.78, 5) is 2.45. The fourth-order valence-corrected chi connectivity index (χ4v) is 2.71. The van der Waals surface area contributed by atoms with Crippen LogP contribution in [0.5, 0.6) is 0 Å². The monoisotopic (exact) mass is 229 g/mol. The van der Waals surface area contributed by atoms with E-state index in [0.717, 1.165) is 13.0 Å². The number of hydrogen-bond acceptors (Lipinski definition) is 1. The van der Waals surface area contributed by atoms with Crippen molar-refractivity contribution in [2.45, 2.75) is 52.6 Å². The van der Waals surface area contributed by atoms with E-state index in [-0.39, 0.29) is 0 Å². The molecule has 0 bridgehead atoms. The molecule has 0 saturated carbocycles. The molecular weight excluding hydrogens is 206 g/mol. The minimum absolute atomic E-state index is 0.602. The van der Waals surface area contributed by atoms with E-state index in [1.807, 2.05) is 0 Å². The lowest BCUT2D eigenvalue weighted by Crippen LogP contribution is -2.26. The average Bonchev–Trinajstić information content (AvgIpc) is 2.66. The van der Waals surface area contributed by atoms with Crippen molar-refractivity contribution >= 4 is 5.70 Å². The van der Waals surface area contributed by atoms with Gasteiger partial charge in [0.25, 0.3) is 0 Å². The molecule has 0 saturated heterocycles. The molecule has 17 heavy (non-hydrogen) atoms. The van der Waals surface area contributed by atoms with Crippen LogP contribution in [0.15, 0.2) is 24.8 Å². The Balaban J connectivity index is 2.23. The summed E-state index contributed by atoms with van der Waals surface area (Å²) in [6.45, 7) is 12.1. The first-order chi connectivity index (χ1) is 8.17. The minimum atomic E-state index is 0.602. The highest BCUT2D eigenvalue weighted by molar-refractivity contribution is 5.69. The second kappa shape index (κ2) is 4.95. The Labute approximate surface area is 105 Å². The number of benzene rings is 1. The average molecular weight is 229 g/mol. The third kappa shape index (κ3) is 2.24. The van der Waals surface area contributed by atoms with Gasteiger partial charge in [-0.3, -0.25) is 0 Å². The van der Waals surface area contributed by atoms with Gasteiger partial charge in [-0.2, -0.15) is 0 Å². The third-order valence-corrected chi connectivity index (χ3v) is 3.81. The summed E-state index contributed by atoms with van der Waals surface area (Å²) < 4.78 is 0. The summed E-state index contributed by atoms with van der Waals surface area (Å²) in [5.41, 5.74) is 5.45. The van der Waals surface area contributed by atoms with Gasteiger partial charge in [0.2, 0.25) is 0 Å². The zero-order chi connectivity index (χ0) is 12.4. The fraction of sp³-hybridized carbons (Fsp3) is 0.500. The topological polar surface area (TPSA) is 3.24 Å². The van der Waals surface area contributed by atoms with Crippen molar-refractivity contribution < 1.29 is 0 Å². The highest BCUT2D eigenvalue weighted by atomic mass is 15.2. The number of aryl methyl sites for hydroxylation is 1. The summed E-state index contributed by atoms with van der Waals surface area (Å²) in [6, 6.07) is 7.43. The highest BCUT2D eigenvalue weighted by Crippen LogP contribution is 2.34. The van der Waals surface area contributed by atoms with E-state index in [4.69, 9.17) is 0 Å².